The molecule has 0 aliphatic carbocycles. The van der Waals surface area contributed by atoms with Gasteiger partial charge in [0.1, 0.15) is 6.04 Å². The van der Waals surface area contributed by atoms with E-state index in [2.05, 4.69) is 5.32 Å². The lowest BCUT2D eigenvalue weighted by Gasteiger charge is -2.14. The number of amides is 1. The number of carboxylic acid groups (broad SMARTS) is 1. The molecule has 0 bridgehead atoms. The van der Waals surface area contributed by atoms with Crippen LogP contribution >= 0.6 is 12.2 Å². The number of nitrogens with zero attached hydrogens (tertiary/aromatic N) is 1. The van der Waals surface area contributed by atoms with Crippen LogP contribution < -0.4 is 15.3 Å². The number of carbonyl (C=O) groups is 2. The molecule has 0 unspecified atom stereocenters. The van der Waals surface area contributed by atoms with E-state index >= 15 is 0 Å². The van der Waals surface area contributed by atoms with Gasteiger partial charge in [-0.15, -0.1) is 0 Å². The molecule has 1 aliphatic heterocycles. The molecule has 5 nitrogen and oxygen atoms in total. The zero-order valence-electron chi connectivity index (χ0n) is 8.75. The SMILES string of the molecule is O=C([O-])C[C@@H]1NC(=S)N(c2ccccc2)C1=O. The minimum absolute atomic E-state index is 0.215. The number of hydrogen-bond acceptors (Lipinski definition) is 4. The van der Waals surface area contributed by atoms with Crippen LogP contribution in [0, 0.1) is 0 Å². The van der Waals surface area contributed by atoms with Gasteiger partial charge in [0.25, 0.3) is 5.91 Å². The molecular formula is C11H9N2O3S-. The summed E-state index contributed by atoms with van der Waals surface area (Å²) in [6, 6.07) is 7.99. The minimum Gasteiger partial charge on any atom is -0.550 e. The average Bonchev–Trinajstić information content (AvgIpc) is 2.54. The summed E-state index contributed by atoms with van der Waals surface area (Å²) in [5.41, 5.74) is 0.621. The van der Waals surface area contributed by atoms with Crippen molar-refractivity contribution in [2.24, 2.45) is 0 Å². The molecule has 1 heterocycles. The predicted molar refractivity (Wildman–Crippen MR) is 63.1 cm³/mol. The van der Waals surface area contributed by atoms with Crippen molar-refractivity contribution in [2.75, 3.05) is 4.90 Å². The number of aliphatic carboxylic acids is 1. The molecule has 17 heavy (non-hydrogen) atoms. The molecule has 1 atom stereocenters. The Bertz CT molecular complexity index is 475. The first-order valence-electron chi connectivity index (χ1n) is 4.99. The van der Waals surface area contributed by atoms with Gasteiger partial charge in [-0.1, -0.05) is 18.2 Å². The summed E-state index contributed by atoms with van der Waals surface area (Å²) in [5.74, 6) is -1.65. The molecule has 88 valence electrons. The summed E-state index contributed by atoms with van der Waals surface area (Å²) in [4.78, 5) is 23.7. The fraction of sp³-hybridized carbons (Fsp3) is 0.182. The molecule has 1 aromatic carbocycles. The maximum atomic E-state index is 11.9. The number of nitrogens with one attached hydrogen (secondary N) is 1. The molecule has 0 saturated carbocycles. The minimum atomic E-state index is -1.28. The normalized spacial score (nSPS) is 19.3. The standard InChI is InChI=1S/C11H10N2O3S/c14-9(15)6-8-10(16)13(11(17)12-8)7-4-2-1-3-5-7/h1-5,8H,6H2,(H,12,17)(H,14,15)/p-1/t8-/m0/s1. The van der Waals surface area contributed by atoms with Crippen molar-refractivity contribution in [1.29, 1.82) is 0 Å². The van der Waals surface area contributed by atoms with Gasteiger partial charge in [-0.2, -0.15) is 0 Å². The summed E-state index contributed by atoms with van der Waals surface area (Å²) in [6.07, 6.45) is -0.387. The zero-order valence-corrected chi connectivity index (χ0v) is 9.57. The first-order valence-corrected chi connectivity index (χ1v) is 5.40. The third-order valence-electron chi connectivity index (χ3n) is 2.40. The second kappa shape index (κ2) is 4.50. The Morgan fingerprint density at radius 2 is 2.06 bits per heavy atom. The van der Waals surface area contributed by atoms with Crippen molar-refractivity contribution < 1.29 is 14.7 Å². The van der Waals surface area contributed by atoms with Gasteiger partial charge in [0.15, 0.2) is 5.11 Å². The van der Waals surface area contributed by atoms with E-state index in [0.717, 1.165) is 0 Å². The Balaban J connectivity index is 2.23. The highest BCUT2D eigenvalue weighted by molar-refractivity contribution is 7.80. The molecule has 1 N–H and O–H groups in total. The number of carbonyl (C=O) groups excluding carboxylic acids is 2. The lowest BCUT2D eigenvalue weighted by atomic mass is 10.2. The maximum Gasteiger partial charge on any atom is 0.256 e. The van der Waals surface area contributed by atoms with E-state index in [-0.39, 0.29) is 17.4 Å². The van der Waals surface area contributed by atoms with Crippen LogP contribution in [0.3, 0.4) is 0 Å². The summed E-state index contributed by atoms with van der Waals surface area (Å²) in [6.45, 7) is 0. The van der Waals surface area contributed by atoms with Gasteiger partial charge in [0.2, 0.25) is 0 Å². The average molecular weight is 249 g/mol. The van der Waals surface area contributed by atoms with Crippen LogP contribution in [0.15, 0.2) is 30.3 Å². The Kier molecular flexibility index (Phi) is 3.06. The molecule has 6 heteroatoms. The van der Waals surface area contributed by atoms with Gasteiger partial charge in [-0.25, -0.2) is 0 Å². The van der Waals surface area contributed by atoms with Crippen molar-refractivity contribution in [3.05, 3.63) is 30.3 Å². The third-order valence-corrected chi connectivity index (χ3v) is 2.70. The number of para-hydroxylation sites is 1. The second-order valence-electron chi connectivity index (χ2n) is 3.59. The van der Waals surface area contributed by atoms with Gasteiger partial charge < -0.3 is 15.2 Å². The van der Waals surface area contributed by atoms with Gasteiger partial charge in [0, 0.05) is 12.4 Å². The van der Waals surface area contributed by atoms with Gasteiger partial charge in [-0.3, -0.25) is 9.69 Å². The number of rotatable bonds is 3. The topological polar surface area (TPSA) is 72.5 Å². The summed E-state index contributed by atoms with van der Waals surface area (Å²) < 4.78 is 0. The van der Waals surface area contributed by atoms with Crippen molar-refractivity contribution in [3.63, 3.8) is 0 Å². The lowest BCUT2D eigenvalue weighted by Crippen LogP contribution is -2.37. The van der Waals surface area contributed by atoms with E-state index in [0.29, 0.717) is 5.69 Å². The molecular weight excluding hydrogens is 240 g/mol. The van der Waals surface area contributed by atoms with Crippen LogP contribution in [-0.2, 0) is 9.59 Å². The molecule has 1 fully saturated rings. The number of anilines is 1. The first kappa shape index (κ1) is 11.5. The molecule has 1 amide bonds. The van der Waals surface area contributed by atoms with Crippen LogP contribution in [0.5, 0.6) is 0 Å². The quantitative estimate of drug-likeness (QED) is 0.725. The molecule has 0 radical (unpaired) electrons. The largest absolute Gasteiger partial charge is 0.550 e. The van der Waals surface area contributed by atoms with Gasteiger partial charge in [0.05, 0.1) is 5.69 Å². The highest BCUT2D eigenvalue weighted by atomic mass is 32.1. The Morgan fingerprint density at radius 1 is 1.41 bits per heavy atom. The number of carboxylic acids is 1. The molecule has 1 aliphatic rings. The second-order valence-corrected chi connectivity index (χ2v) is 3.97. The summed E-state index contributed by atoms with van der Waals surface area (Å²) in [5, 5.41) is 13.4. The molecule has 1 saturated heterocycles. The lowest BCUT2D eigenvalue weighted by molar-refractivity contribution is -0.306. The first-order chi connectivity index (χ1) is 8.09. The van der Waals surface area contributed by atoms with E-state index in [1.54, 1.807) is 24.3 Å². The van der Waals surface area contributed by atoms with Crippen LogP contribution in [0.4, 0.5) is 5.69 Å². The van der Waals surface area contributed by atoms with E-state index in [9.17, 15) is 14.7 Å². The maximum absolute atomic E-state index is 11.9. The Labute approximate surface area is 103 Å². The highest BCUT2D eigenvalue weighted by Crippen LogP contribution is 2.19. The molecule has 1 aromatic rings. The predicted octanol–water partition coefficient (Wildman–Crippen LogP) is -0.584. The van der Waals surface area contributed by atoms with E-state index in [1.807, 2.05) is 6.07 Å². The fourth-order valence-electron chi connectivity index (χ4n) is 1.66. The van der Waals surface area contributed by atoms with Crippen LogP contribution in [0.2, 0.25) is 0 Å². The zero-order chi connectivity index (χ0) is 12.4. The van der Waals surface area contributed by atoms with Crippen molar-refractivity contribution >= 4 is 34.9 Å². The number of hydrogen-bond donors (Lipinski definition) is 1. The smallest absolute Gasteiger partial charge is 0.256 e. The van der Waals surface area contributed by atoms with Crippen LogP contribution in [-0.4, -0.2) is 23.0 Å². The van der Waals surface area contributed by atoms with Gasteiger partial charge >= 0.3 is 0 Å². The molecule has 0 spiro atoms. The number of thiocarbonyl (C=S) groups is 1. The van der Waals surface area contributed by atoms with Crippen molar-refractivity contribution in [1.82, 2.24) is 5.32 Å². The molecule has 2 rings (SSSR count). The van der Waals surface area contributed by atoms with Gasteiger partial charge in [-0.05, 0) is 24.4 Å². The third kappa shape index (κ3) is 2.26. The van der Waals surface area contributed by atoms with Crippen LogP contribution in [0.1, 0.15) is 6.42 Å². The Hall–Kier alpha value is -1.95. The fourth-order valence-corrected chi connectivity index (χ4v) is 2.00. The monoisotopic (exact) mass is 249 g/mol. The molecule has 0 aromatic heterocycles. The van der Waals surface area contributed by atoms with E-state index in [4.69, 9.17) is 12.2 Å². The Morgan fingerprint density at radius 3 is 2.65 bits per heavy atom. The summed E-state index contributed by atoms with van der Waals surface area (Å²) >= 11 is 5.01. The number of benzene rings is 1. The van der Waals surface area contributed by atoms with E-state index < -0.39 is 12.0 Å². The highest BCUT2D eigenvalue weighted by Gasteiger charge is 2.36. The van der Waals surface area contributed by atoms with Crippen molar-refractivity contribution in [3.8, 4) is 0 Å². The van der Waals surface area contributed by atoms with Crippen LogP contribution in [0.25, 0.3) is 0 Å². The van der Waals surface area contributed by atoms with Crippen molar-refractivity contribution in [2.45, 2.75) is 12.5 Å². The summed E-state index contributed by atoms with van der Waals surface area (Å²) in [7, 11) is 0. The van der Waals surface area contributed by atoms with E-state index in [1.165, 1.54) is 4.90 Å².